The molecule has 0 bridgehead atoms. The number of methoxy groups -OCH3 is 3. The van der Waals surface area contributed by atoms with Crippen molar-refractivity contribution in [3.63, 3.8) is 0 Å². The number of hydrogen-bond donors (Lipinski definition) is 1. The van der Waals surface area contributed by atoms with Crippen LogP contribution in [0.1, 0.15) is 37.7 Å². The van der Waals surface area contributed by atoms with Gasteiger partial charge in [0.1, 0.15) is 0 Å². The minimum atomic E-state index is -0.228. The minimum Gasteiger partial charge on any atom is -0.493 e. The van der Waals surface area contributed by atoms with Crippen molar-refractivity contribution in [3.8, 4) is 17.2 Å². The molecule has 29 heavy (non-hydrogen) atoms. The Balaban J connectivity index is 1.55. The Morgan fingerprint density at radius 2 is 1.55 bits per heavy atom. The first-order chi connectivity index (χ1) is 14.0. The number of benzene rings is 1. The number of hydrogen-bond acceptors (Lipinski definition) is 6. The van der Waals surface area contributed by atoms with Crippen molar-refractivity contribution < 1.29 is 28.6 Å². The van der Waals surface area contributed by atoms with E-state index in [4.69, 9.17) is 14.2 Å². The van der Waals surface area contributed by atoms with E-state index in [2.05, 4.69) is 5.32 Å². The molecule has 1 aliphatic carbocycles. The predicted molar refractivity (Wildman–Crippen MR) is 105 cm³/mol. The van der Waals surface area contributed by atoms with Crippen molar-refractivity contribution in [2.75, 3.05) is 27.9 Å². The monoisotopic (exact) mass is 404 g/mol. The molecule has 3 rings (SSSR count). The molecular weight excluding hydrogens is 376 g/mol. The predicted octanol–water partition coefficient (Wildman–Crippen LogP) is 1.89. The highest BCUT2D eigenvalue weighted by molar-refractivity contribution is 6.05. The average Bonchev–Trinajstić information content (AvgIpc) is 2.99. The van der Waals surface area contributed by atoms with Gasteiger partial charge in [0.2, 0.25) is 23.5 Å². The van der Waals surface area contributed by atoms with Crippen molar-refractivity contribution in [3.05, 3.63) is 17.7 Å². The van der Waals surface area contributed by atoms with E-state index in [1.165, 1.54) is 26.2 Å². The van der Waals surface area contributed by atoms with E-state index in [1.54, 1.807) is 12.1 Å². The zero-order valence-electron chi connectivity index (χ0n) is 17.2. The second kappa shape index (κ2) is 9.15. The number of nitrogens with zero attached hydrogens (tertiary/aromatic N) is 1. The Hall–Kier alpha value is -2.77. The van der Waals surface area contributed by atoms with Crippen LogP contribution in [0.2, 0.25) is 0 Å². The molecule has 1 aromatic rings. The number of nitrogens with one attached hydrogen (secondary N) is 1. The van der Waals surface area contributed by atoms with Crippen LogP contribution in [0.25, 0.3) is 0 Å². The fourth-order valence-electron chi connectivity index (χ4n) is 4.19. The van der Waals surface area contributed by atoms with Crippen molar-refractivity contribution in [1.29, 1.82) is 0 Å². The molecule has 2 atom stereocenters. The standard InChI is InChI=1S/C21H28N2O6/c1-27-16-10-13(11-17(28-2)19(16)29-3)12-22-18(24)8-9-23-20(25)14-6-4-5-7-15(14)21(23)26/h10-11,14-15H,4-9,12H2,1-3H3,(H,22,24)/t14-,15-/m0/s1. The SMILES string of the molecule is COc1cc(CNC(=O)CCN2C(=O)[C@H]3CCCC[C@@H]3C2=O)cc(OC)c1OC. The number of carbonyl (C=O) groups excluding carboxylic acids is 3. The van der Waals surface area contributed by atoms with Crippen molar-refractivity contribution in [1.82, 2.24) is 10.2 Å². The smallest absolute Gasteiger partial charge is 0.233 e. The van der Waals surface area contributed by atoms with Crippen molar-refractivity contribution in [2.24, 2.45) is 11.8 Å². The Morgan fingerprint density at radius 1 is 1.00 bits per heavy atom. The summed E-state index contributed by atoms with van der Waals surface area (Å²) in [7, 11) is 4.58. The zero-order valence-corrected chi connectivity index (χ0v) is 17.2. The van der Waals surface area contributed by atoms with Gasteiger partial charge >= 0.3 is 0 Å². The molecule has 1 aromatic carbocycles. The third-order valence-electron chi connectivity index (χ3n) is 5.71. The summed E-state index contributed by atoms with van der Waals surface area (Å²) in [5.74, 6) is 0.678. The van der Waals surface area contributed by atoms with Crippen LogP contribution in [0.5, 0.6) is 17.2 Å². The van der Waals surface area contributed by atoms with Crippen molar-refractivity contribution in [2.45, 2.75) is 38.6 Å². The number of amides is 3. The maximum Gasteiger partial charge on any atom is 0.233 e. The van der Waals surface area contributed by atoms with Gasteiger partial charge in [-0.1, -0.05) is 12.8 Å². The number of likely N-dealkylation sites (tertiary alicyclic amines) is 1. The summed E-state index contributed by atoms with van der Waals surface area (Å²) in [4.78, 5) is 38.5. The van der Waals surface area contributed by atoms with Crippen LogP contribution in [0.4, 0.5) is 0 Å². The summed E-state index contributed by atoms with van der Waals surface area (Å²) in [6, 6.07) is 3.53. The van der Waals surface area contributed by atoms with Crippen molar-refractivity contribution >= 4 is 17.7 Å². The van der Waals surface area contributed by atoms with Crippen LogP contribution >= 0.6 is 0 Å². The summed E-state index contributed by atoms with van der Waals surface area (Å²) in [6.07, 6.45) is 3.62. The molecule has 1 aliphatic heterocycles. The summed E-state index contributed by atoms with van der Waals surface area (Å²) < 4.78 is 15.9. The highest BCUT2D eigenvalue weighted by atomic mass is 16.5. The topological polar surface area (TPSA) is 94.2 Å². The molecule has 2 aliphatic rings. The fraction of sp³-hybridized carbons (Fsp3) is 0.571. The van der Waals surface area contributed by atoms with E-state index in [1.807, 2.05) is 0 Å². The van der Waals surface area contributed by atoms with E-state index >= 15 is 0 Å². The normalized spacial score (nSPS) is 21.0. The highest BCUT2D eigenvalue weighted by Gasteiger charge is 2.47. The Morgan fingerprint density at radius 3 is 2.03 bits per heavy atom. The third kappa shape index (κ3) is 4.31. The quantitative estimate of drug-likeness (QED) is 0.665. The molecule has 0 aromatic heterocycles. The van der Waals surface area contributed by atoms with Gasteiger partial charge in [0.15, 0.2) is 11.5 Å². The average molecular weight is 404 g/mol. The lowest BCUT2D eigenvalue weighted by Gasteiger charge is -2.19. The number of imide groups is 1. The molecule has 3 amide bonds. The molecule has 8 nitrogen and oxygen atoms in total. The number of ether oxygens (including phenoxy) is 3. The van der Waals surface area contributed by atoms with Crippen LogP contribution < -0.4 is 19.5 Å². The lowest BCUT2D eigenvalue weighted by molar-refractivity contribution is -0.140. The molecular formula is C21H28N2O6. The first-order valence-electron chi connectivity index (χ1n) is 9.91. The molecule has 0 spiro atoms. The van der Waals surface area contributed by atoms with Gasteiger partial charge in [-0.05, 0) is 30.5 Å². The Bertz CT molecular complexity index is 744. The molecule has 158 valence electrons. The van der Waals surface area contributed by atoms with E-state index in [9.17, 15) is 14.4 Å². The third-order valence-corrected chi connectivity index (χ3v) is 5.71. The van der Waals surface area contributed by atoms with E-state index < -0.39 is 0 Å². The molecule has 0 radical (unpaired) electrons. The van der Waals surface area contributed by atoms with Gasteiger partial charge in [0.05, 0.1) is 33.2 Å². The van der Waals surface area contributed by atoms with Gasteiger partial charge in [-0.25, -0.2) is 0 Å². The minimum absolute atomic E-state index is 0.0847. The van der Waals surface area contributed by atoms with E-state index in [-0.39, 0.29) is 49.1 Å². The van der Waals surface area contributed by atoms with Gasteiger partial charge < -0.3 is 19.5 Å². The molecule has 1 saturated heterocycles. The van der Waals surface area contributed by atoms with Crippen LogP contribution in [0.15, 0.2) is 12.1 Å². The van der Waals surface area contributed by atoms with E-state index in [0.717, 1.165) is 31.2 Å². The largest absolute Gasteiger partial charge is 0.493 e. The molecule has 8 heteroatoms. The van der Waals surface area contributed by atoms with Crippen LogP contribution in [0.3, 0.4) is 0 Å². The number of fused-ring (bicyclic) bond motifs is 1. The van der Waals surface area contributed by atoms with Gasteiger partial charge in [0, 0.05) is 19.5 Å². The zero-order chi connectivity index (χ0) is 21.0. The van der Waals surface area contributed by atoms with Crippen LogP contribution in [0, 0.1) is 11.8 Å². The first kappa shape index (κ1) is 21.0. The maximum absolute atomic E-state index is 12.5. The molecule has 2 fully saturated rings. The molecule has 1 N–H and O–H groups in total. The lowest BCUT2D eigenvalue weighted by Crippen LogP contribution is -2.35. The molecule has 1 saturated carbocycles. The maximum atomic E-state index is 12.5. The second-order valence-corrected chi connectivity index (χ2v) is 7.39. The molecule has 0 unspecified atom stereocenters. The van der Waals surface area contributed by atoms with Gasteiger partial charge in [-0.2, -0.15) is 0 Å². The van der Waals surface area contributed by atoms with Gasteiger partial charge in [0.25, 0.3) is 0 Å². The first-order valence-corrected chi connectivity index (χ1v) is 9.91. The highest BCUT2D eigenvalue weighted by Crippen LogP contribution is 2.39. The number of carbonyl (C=O) groups is 3. The second-order valence-electron chi connectivity index (χ2n) is 7.39. The molecule has 1 heterocycles. The summed E-state index contributed by atoms with van der Waals surface area (Å²) in [5, 5.41) is 2.82. The Labute approximate surface area is 170 Å². The number of rotatable bonds is 8. The summed E-state index contributed by atoms with van der Waals surface area (Å²) in [6.45, 7) is 0.397. The summed E-state index contributed by atoms with van der Waals surface area (Å²) in [5.41, 5.74) is 0.784. The van der Waals surface area contributed by atoms with Gasteiger partial charge in [-0.3, -0.25) is 19.3 Å². The lowest BCUT2D eigenvalue weighted by atomic mass is 9.81. The summed E-state index contributed by atoms with van der Waals surface area (Å²) >= 11 is 0. The van der Waals surface area contributed by atoms with Crippen LogP contribution in [-0.4, -0.2) is 50.5 Å². The fourth-order valence-corrected chi connectivity index (χ4v) is 4.19. The Kier molecular flexibility index (Phi) is 6.61. The van der Waals surface area contributed by atoms with Gasteiger partial charge in [-0.15, -0.1) is 0 Å². The van der Waals surface area contributed by atoms with Crippen LogP contribution in [-0.2, 0) is 20.9 Å². The van der Waals surface area contributed by atoms with E-state index in [0.29, 0.717) is 17.2 Å².